The molecule has 2 aliphatic heterocycles. The van der Waals surface area contributed by atoms with Crippen LogP contribution in [-0.2, 0) is 13.1 Å². The summed E-state index contributed by atoms with van der Waals surface area (Å²) in [7, 11) is 0. The first-order chi connectivity index (χ1) is 8.75. The summed E-state index contributed by atoms with van der Waals surface area (Å²) in [6.07, 6.45) is 2.63. The van der Waals surface area contributed by atoms with Gasteiger partial charge < -0.3 is 10.1 Å². The summed E-state index contributed by atoms with van der Waals surface area (Å²) in [4.78, 5) is 0. The molecule has 1 saturated heterocycles. The third-order valence-electron chi connectivity index (χ3n) is 3.92. The van der Waals surface area contributed by atoms with Gasteiger partial charge >= 0.3 is 0 Å². The maximum atomic E-state index is 6.03. The largest absolute Gasteiger partial charge is 0.493 e. The van der Waals surface area contributed by atoms with Crippen LogP contribution >= 0.6 is 11.8 Å². The van der Waals surface area contributed by atoms with Gasteiger partial charge in [-0.1, -0.05) is 13.0 Å². The number of hydrogen-bond acceptors (Lipinski definition) is 3. The van der Waals surface area contributed by atoms with Crippen molar-refractivity contribution in [1.29, 1.82) is 0 Å². The number of ether oxygens (including phenoxy) is 1. The van der Waals surface area contributed by atoms with Crippen LogP contribution in [0.15, 0.2) is 18.2 Å². The molecule has 1 fully saturated rings. The van der Waals surface area contributed by atoms with Crippen LogP contribution in [0.3, 0.4) is 0 Å². The van der Waals surface area contributed by atoms with E-state index in [1.54, 1.807) is 0 Å². The van der Waals surface area contributed by atoms with Gasteiger partial charge in [0.15, 0.2) is 0 Å². The topological polar surface area (TPSA) is 21.3 Å². The van der Waals surface area contributed by atoms with Crippen molar-refractivity contribution in [3.8, 4) is 5.75 Å². The normalized spacial score (nSPS) is 26.9. The number of rotatable bonds is 3. The highest BCUT2D eigenvalue weighted by atomic mass is 32.2. The Bertz CT molecular complexity index is 427. The molecule has 1 unspecified atom stereocenters. The van der Waals surface area contributed by atoms with Crippen molar-refractivity contribution in [2.75, 3.05) is 18.1 Å². The predicted molar refractivity (Wildman–Crippen MR) is 77.1 cm³/mol. The van der Waals surface area contributed by atoms with Gasteiger partial charge in [-0.2, -0.15) is 11.8 Å². The Balaban J connectivity index is 1.62. The van der Waals surface area contributed by atoms with Crippen LogP contribution in [0.2, 0.25) is 0 Å². The lowest BCUT2D eigenvalue weighted by Gasteiger charge is -2.32. The molecule has 2 aliphatic rings. The van der Waals surface area contributed by atoms with Crippen LogP contribution in [0.25, 0.3) is 0 Å². The molecular formula is C15H21NOS. The second-order valence-corrected chi connectivity index (χ2v) is 6.89. The van der Waals surface area contributed by atoms with Crippen LogP contribution in [0.1, 0.15) is 30.9 Å². The van der Waals surface area contributed by atoms with Crippen molar-refractivity contribution in [3.63, 3.8) is 0 Å². The molecule has 0 saturated carbocycles. The highest BCUT2D eigenvalue weighted by molar-refractivity contribution is 7.99. The fourth-order valence-electron chi connectivity index (χ4n) is 2.72. The first kappa shape index (κ1) is 12.4. The van der Waals surface area contributed by atoms with Gasteiger partial charge in [-0.3, -0.25) is 0 Å². The molecule has 2 nitrogen and oxygen atoms in total. The Morgan fingerprint density at radius 3 is 3.06 bits per heavy atom. The lowest BCUT2D eigenvalue weighted by atomic mass is 9.88. The van der Waals surface area contributed by atoms with Gasteiger partial charge in [0, 0.05) is 24.3 Å². The van der Waals surface area contributed by atoms with E-state index in [1.807, 2.05) is 0 Å². The number of thioether (sulfide) groups is 1. The summed E-state index contributed by atoms with van der Waals surface area (Å²) in [6.45, 7) is 5.20. The Morgan fingerprint density at radius 1 is 1.33 bits per heavy atom. The summed E-state index contributed by atoms with van der Waals surface area (Å²) in [5.74, 6) is 3.59. The standard InChI is InChI=1S/C15H21NOS/c1-15(5-2-6-18-11-15)10-17-14-4-3-12-8-16-9-13(12)7-14/h3-4,7,16H,2,5-6,8-11H2,1H3. The van der Waals surface area contributed by atoms with Crippen LogP contribution in [0.5, 0.6) is 5.75 Å². The number of fused-ring (bicyclic) bond motifs is 1. The van der Waals surface area contributed by atoms with E-state index < -0.39 is 0 Å². The summed E-state index contributed by atoms with van der Waals surface area (Å²) in [5.41, 5.74) is 3.18. The smallest absolute Gasteiger partial charge is 0.119 e. The molecule has 2 heterocycles. The molecule has 1 N–H and O–H groups in total. The average molecular weight is 263 g/mol. The van der Waals surface area contributed by atoms with E-state index in [0.29, 0.717) is 5.41 Å². The molecule has 0 spiro atoms. The van der Waals surface area contributed by atoms with E-state index in [0.717, 1.165) is 25.4 Å². The summed E-state index contributed by atoms with van der Waals surface area (Å²) >= 11 is 2.07. The monoisotopic (exact) mass is 263 g/mol. The van der Waals surface area contributed by atoms with E-state index in [-0.39, 0.29) is 0 Å². The fraction of sp³-hybridized carbons (Fsp3) is 0.600. The van der Waals surface area contributed by atoms with Gasteiger partial charge in [0.2, 0.25) is 0 Å². The van der Waals surface area contributed by atoms with Gasteiger partial charge in [0.25, 0.3) is 0 Å². The molecule has 0 radical (unpaired) electrons. The zero-order chi connectivity index (χ0) is 12.4. The maximum absolute atomic E-state index is 6.03. The van der Waals surface area contributed by atoms with E-state index in [4.69, 9.17) is 4.74 Å². The lowest BCUT2D eigenvalue weighted by molar-refractivity contribution is 0.170. The molecule has 0 aromatic heterocycles. The molecule has 3 rings (SSSR count). The Labute approximate surface area is 113 Å². The maximum Gasteiger partial charge on any atom is 0.119 e. The van der Waals surface area contributed by atoms with Crippen molar-refractivity contribution in [3.05, 3.63) is 29.3 Å². The van der Waals surface area contributed by atoms with E-state index >= 15 is 0 Å². The number of hydrogen-bond donors (Lipinski definition) is 1. The molecule has 1 aromatic carbocycles. The summed E-state index contributed by atoms with van der Waals surface area (Å²) in [5, 5.41) is 3.37. The minimum absolute atomic E-state index is 0.361. The van der Waals surface area contributed by atoms with Gasteiger partial charge in [-0.05, 0) is 41.9 Å². The first-order valence-corrected chi connectivity index (χ1v) is 7.94. The van der Waals surface area contributed by atoms with Crippen molar-refractivity contribution in [2.24, 2.45) is 5.41 Å². The highest BCUT2D eigenvalue weighted by Crippen LogP contribution is 2.34. The van der Waals surface area contributed by atoms with Crippen LogP contribution in [0.4, 0.5) is 0 Å². The summed E-state index contributed by atoms with van der Waals surface area (Å²) < 4.78 is 6.03. The van der Waals surface area contributed by atoms with Crippen LogP contribution < -0.4 is 10.1 Å². The zero-order valence-electron chi connectivity index (χ0n) is 11.0. The first-order valence-electron chi connectivity index (χ1n) is 6.78. The molecule has 18 heavy (non-hydrogen) atoms. The molecule has 1 atom stereocenters. The van der Waals surface area contributed by atoms with E-state index in [1.165, 1.54) is 35.5 Å². The third kappa shape index (κ3) is 2.67. The molecule has 0 amide bonds. The molecule has 0 bridgehead atoms. The quantitative estimate of drug-likeness (QED) is 0.905. The van der Waals surface area contributed by atoms with Gasteiger partial charge in [0.1, 0.15) is 5.75 Å². The van der Waals surface area contributed by atoms with Crippen molar-refractivity contribution in [1.82, 2.24) is 5.32 Å². The Hall–Kier alpha value is -0.670. The second-order valence-electron chi connectivity index (χ2n) is 5.79. The lowest BCUT2D eigenvalue weighted by Crippen LogP contribution is -2.30. The fourth-order valence-corrected chi connectivity index (χ4v) is 3.94. The van der Waals surface area contributed by atoms with Gasteiger partial charge in [0.05, 0.1) is 6.61 Å². The van der Waals surface area contributed by atoms with E-state index in [9.17, 15) is 0 Å². The number of benzene rings is 1. The minimum atomic E-state index is 0.361. The van der Waals surface area contributed by atoms with Gasteiger partial charge in [-0.25, -0.2) is 0 Å². The molecule has 1 aromatic rings. The number of nitrogens with one attached hydrogen (secondary N) is 1. The van der Waals surface area contributed by atoms with Crippen LogP contribution in [-0.4, -0.2) is 18.1 Å². The Kier molecular flexibility index (Phi) is 3.53. The third-order valence-corrected chi connectivity index (χ3v) is 5.39. The zero-order valence-corrected chi connectivity index (χ0v) is 11.8. The van der Waals surface area contributed by atoms with E-state index in [2.05, 4.69) is 42.2 Å². The van der Waals surface area contributed by atoms with Crippen molar-refractivity contribution in [2.45, 2.75) is 32.9 Å². The molecule has 0 aliphatic carbocycles. The minimum Gasteiger partial charge on any atom is -0.493 e. The summed E-state index contributed by atoms with van der Waals surface area (Å²) in [6, 6.07) is 6.52. The Morgan fingerprint density at radius 2 is 2.22 bits per heavy atom. The SMILES string of the molecule is CC1(COc2ccc3c(c2)CNC3)CCCSC1. The molecule has 3 heteroatoms. The van der Waals surface area contributed by atoms with Crippen molar-refractivity contribution >= 4 is 11.8 Å². The van der Waals surface area contributed by atoms with Crippen molar-refractivity contribution < 1.29 is 4.74 Å². The average Bonchev–Trinajstić information content (AvgIpc) is 2.85. The second kappa shape index (κ2) is 5.14. The molecular weight excluding hydrogens is 242 g/mol. The van der Waals surface area contributed by atoms with Gasteiger partial charge in [-0.15, -0.1) is 0 Å². The van der Waals surface area contributed by atoms with Crippen LogP contribution in [0, 0.1) is 5.41 Å². The predicted octanol–water partition coefficient (Wildman–Crippen LogP) is 3.20. The molecule has 98 valence electrons. The highest BCUT2D eigenvalue weighted by Gasteiger charge is 2.28.